The number of benzene rings is 1. The summed E-state index contributed by atoms with van der Waals surface area (Å²) in [5.74, 6) is -0.321. The lowest BCUT2D eigenvalue weighted by Gasteiger charge is -2.03. The average molecular weight is 233 g/mol. The van der Waals surface area contributed by atoms with Crippen molar-refractivity contribution in [2.24, 2.45) is 0 Å². The van der Waals surface area contributed by atoms with Crippen LogP contribution < -0.4 is 5.73 Å². The van der Waals surface area contributed by atoms with E-state index in [4.69, 9.17) is 10.5 Å². The van der Waals surface area contributed by atoms with Gasteiger partial charge < -0.3 is 10.5 Å². The molecule has 0 radical (unpaired) electrons. The molecule has 4 heteroatoms. The Morgan fingerprint density at radius 2 is 2.19 bits per heavy atom. The van der Waals surface area contributed by atoms with Gasteiger partial charge in [-0.3, -0.25) is 0 Å². The van der Waals surface area contributed by atoms with Gasteiger partial charge >= 0.3 is 5.97 Å². The predicted octanol–water partition coefficient (Wildman–Crippen LogP) is 2.78. The predicted molar refractivity (Wildman–Crippen MR) is 65.5 cm³/mol. The number of esters is 1. The molecule has 1 aromatic heterocycles. The molecular formula is C12H11NO2S. The number of nitrogen functional groups attached to an aromatic ring is 1. The number of ether oxygens (including phenoxy) is 1. The number of carbonyl (C=O) groups excluding carboxylic acids is 1. The van der Waals surface area contributed by atoms with Crippen molar-refractivity contribution in [1.29, 1.82) is 0 Å². The van der Waals surface area contributed by atoms with Crippen LogP contribution in [0.3, 0.4) is 0 Å². The van der Waals surface area contributed by atoms with Crippen molar-refractivity contribution in [3.8, 4) is 11.1 Å². The molecule has 0 aliphatic heterocycles. The normalized spacial score (nSPS) is 10.1. The van der Waals surface area contributed by atoms with Crippen molar-refractivity contribution in [2.45, 2.75) is 0 Å². The number of methoxy groups -OCH3 is 1. The summed E-state index contributed by atoms with van der Waals surface area (Å²) in [6, 6.07) is 7.44. The minimum atomic E-state index is -0.321. The fourth-order valence-electron chi connectivity index (χ4n) is 1.49. The highest BCUT2D eigenvalue weighted by atomic mass is 32.1. The van der Waals surface area contributed by atoms with Crippen molar-refractivity contribution in [2.75, 3.05) is 12.8 Å². The molecule has 82 valence electrons. The molecule has 0 saturated carbocycles. The molecule has 0 aliphatic rings. The van der Waals surface area contributed by atoms with E-state index in [9.17, 15) is 4.79 Å². The van der Waals surface area contributed by atoms with Crippen molar-refractivity contribution in [3.05, 3.63) is 40.6 Å². The van der Waals surface area contributed by atoms with Gasteiger partial charge in [0.2, 0.25) is 0 Å². The first-order valence-electron chi connectivity index (χ1n) is 4.73. The first-order chi connectivity index (χ1) is 7.72. The van der Waals surface area contributed by atoms with Gasteiger partial charge in [0.15, 0.2) is 0 Å². The minimum absolute atomic E-state index is 0.321. The van der Waals surface area contributed by atoms with Crippen LogP contribution in [0.25, 0.3) is 11.1 Å². The summed E-state index contributed by atoms with van der Waals surface area (Å²) in [7, 11) is 1.38. The molecule has 0 atom stereocenters. The van der Waals surface area contributed by atoms with Crippen LogP contribution in [0.5, 0.6) is 0 Å². The molecule has 0 aliphatic carbocycles. The molecule has 16 heavy (non-hydrogen) atoms. The van der Waals surface area contributed by atoms with Gasteiger partial charge in [-0.1, -0.05) is 12.1 Å². The summed E-state index contributed by atoms with van der Waals surface area (Å²) in [5, 5.41) is 3.70. The van der Waals surface area contributed by atoms with Crippen LogP contribution >= 0.6 is 11.3 Å². The Morgan fingerprint density at radius 3 is 2.88 bits per heavy atom. The van der Waals surface area contributed by atoms with Gasteiger partial charge in [-0.25, -0.2) is 4.79 Å². The number of carbonyl (C=O) groups is 1. The van der Waals surface area contributed by atoms with E-state index in [1.165, 1.54) is 18.4 Å². The Kier molecular flexibility index (Phi) is 2.92. The lowest BCUT2D eigenvalue weighted by atomic mass is 10.0. The Balaban J connectivity index is 2.48. The van der Waals surface area contributed by atoms with Crippen LogP contribution in [0, 0.1) is 0 Å². The summed E-state index contributed by atoms with van der Waals surface area (Å²) >= 11 is 1.47. The molecule has 0 saturated heterocycles. The second-order valence-corrected chi connectivity index (χ2v) is 4.06. The molecule has 0 amide bonds. The number of rotatable bonds is 2. The number of nitrogens with two attached hydrogens (primary N) is 1. The van der Waals surface area contributed by atoms with Gasteiger partial charge in [-0.2, -0.15) is 11.3 Å². The van der Waals surface area contributed by atoms with Gasteiger partial charge in [0.1, 0.15) is 0 Å². The lowest BCUT2D eigenvalue weighted by molar-refractivity contribution is 0.0602. The molecule has 2 N–H and O–H groups in total. The second-order valence-electron chi connectivity index (χ2n) is 3.32. The van der Waals surface area contributed by atoms with Crippen molar-refractivity contribution in [1.82, 2.24) is 0 Å². The SMILES string of the molecule is COC(=O)c1cscc1-c1cccc(N)c1. The lowest BCUT2D eigenvalue weighted by Crippen LogP contribution is -2.00. The highest BCUT2D eigenvalue weighted by Gasteiger charge is 2.14. The van der Waals surface area contributed by atoms with Crippen LogP contribution in [-0.2, 0) is 4.74 Å². The molecule has 2 rings (SSSR count). The fraction of sp³-hybridized carbons (Fsp3) is 0.0833. The molecule has 0 unspecified atom stereocenters. The smallest absolute Gasteiger partial charge is 0.339 e. The standard InChI is InChI=1S/C12H11NO2S/c1-15-12(14)11-7-16-6-10(11)8-3-2-4-9(13)5-8/h2-7H,13H2,1H3. The summed E-state index contributed by atoms with van der Waals surface area (Å²) in [5.41, 5.74) is 8.77. The van der Waals surface area contributed by atoms with Crippen molar-refractivity contribution in [3.63, 3.8) is 0 Å². The third kappa shape index (κ3) is 1.92. The van der Waals surface area contributed by atoms with E-state index in [0.29, 0.717) is 11.3 Å². The van der Waals surface area contributed by atoms with Gasteiger partial charge in [-0.15, -0.1) is 0 Å². The number of hydrogen-bond acceptors (Lipinski definition) is 4. The summed E-state index contributed by atoms with van der Waals surface area (Å²) in [6.45, 7) is 0. The maximum Gasteiger partial charge on any atom is 0.339 e. The summed E-state index contributed by atoms with van der Waals surface area (Å²) in [4.78, 5) is 11.5. The number of hydrogen-bond donors (Lipinski definition) is 1. The molecule has 1 heterocycles. The second kappa shape index (κ2) is 4.37. The molecule has 0 spiro atoms. The van der Waals surface area contributed by atoms with E-state index in [-0.39, 0.29) is 5.97 Å². The monoisotopic (exact) mass is 233 g/mol. The maximum absolute atomic E-state index is 11.5. The molecule has 2 aromatic rings. The zero-order chi connectivity index (χ0) is 11.5. The highest BCUT2D eigenvalue weighted by Crippen LogP contribution is 2.29. The topological polar surface area (TPSA) is 52.3 Å². The van der Waals surface area contributed by atoms with Gasteiger partial charge in [0, 0.05) is 16.6 Å². The Labute approximate surface area is 97.5 Å². The summed E-state index contributed by atoms with van der Waals surface area (Å²) < 4.78 is 4.72. The maximum atomic E-state index is 11.5. The largest absolute Gasteiger partial charge is 0.465 e. The average Bonchev–Trinajstić information content (AvgIpc) is 2.77. The molecule has 0 bridgehead atoms. The number of anilines is 1. The van der Waals surface area contributed by atoms with Gasteiger partial charge in [-0.05, 0) is 23.1 Å². The van der Waals surface area contributed by atoms with Crippen LogP contribution in [0.4, 0.5) is 5.69 Å². The molecule has 1 aromatic carbocycles. The zero-order valence-corrected chi connectivity index (χ0v) is 9.58. The van der Waals surface area contributed by atoms with Crippen molar-refractivity contribution >= 4 is 23.0 Å². The third-order valence-electron chi connectivity index (χ3n) is 2.26. The van der Waals surface area contributed by atoms with Gasteiger partial charge in [0.05, 0.1) is 12.7 Å². The van der Waals surface area contributed by atoms with E-state index in [1.54, 1.807) is 5.38 Å². The van der Waals surface area contributed by atoms with Crippen LogP contribution in [0.1, 0.15) is 10.4 Å². The summed E-state index contributed by atoms with van der Waals surface area (Å²) in [6.07, 6.45) is 0. The molecular weight excluding hydrogens is 222 g/mol. The van der Waals surface area contributed by atoms with Crippen molar-refractivity contribution < 1.29 is 9.53 Å². The Bertz CT molecular complexity index is 519. The van der Waals surface area contributed by atoms with Crippen LogP contribution in [-0.4, -0.2) is 13.1 Å². The van der Waals surface area contributed by atoms with Crippen LogP contribution in [0.2, 0.25) is 0 Å². The van der Waals surface area contributed by atoms with E-state index in [1.807, 2.05) is 29.6 Å². The molecule has 3 nitrogen and oxygen atoms in total. The van der Waals surface area contributed by atoms with E-state index < -0.39 is 0 Å². The van der Waals surface area contributed by atoms with E-state index in [2.05, 4.69) is 0 Å². The highest BCUT2D eigenvalue weighted by molar-refractivity contribution is 7.08. The minimum Gasteiger partial charge on any atom is -0.465 e. The number of thiophene rings is 1. The van der Waals surface area contributed by atoms with E-state index >= 15 is 0 Å². The van der Waals surface area contributed by atoms with Crippen LogP contribution in [0.15, 0.2) is 35.0 Å². The first-order valence-corrected chi connectivity index (χ1v) is 5.67. The Morgan fingerprint density at radius 1 is 1.38 bits per heavy atom. The Hall–Kier alpha value is -1.81. The van der Waals surface area contributed by atoms with Gasteiger partial charge in [0.25, 0.3) is 0 Å². The third-order valence-corrected chi connectivity index (χ3v) is 3.01. The first kappa shape index (κ1) is 10.7. The fourth-order valence-corrected chi connectivity index (χ4v) is 2.32. The zero-order valence-electron chi connectivity index (χ0n) is 8.77. The van der Waals surface area contributed by atoms with E-state index in [0.717, 1.165) is 11.1 Å². The quantitative estimate of drug-likeness (QED) is 0.641. The molecule has 0 fully saturated rings.